The topological polar surface area (TPSA) is 61.3 Å². The SMILES string of the molecule is CCCCCCCOc1ccc(C(=O)Oc2ccc(-c3ncc(CCC)cn3)cc2)cc1Br. The fourth-order valence-electron chi connectivity index (χ4n) is 3.39. The molecule has 0 fully saturated rings. The van der Waals surface area contributed by atoms with Crippen molar-refractivity contribution in [3.63, 3.8) is 0 Å². The first-order valence-corrected chi connectivity index (χ1v) is 12.5. The summed E-state index contributed by atoms with van der Waals surface area (Å²) in [5.74, 6) is 1.43. The molecule has 33 heavy (non-hydrogen) atoms. The summed E-state index contributed by atoms with van der Waals surface area (Å²) in [6, 6.07) is 12.5. The number of carbonyl (C=O) groups excluding carboxylic acids is 1. The Balaban J connectivity index is 1.54. The summed E-state index contributed by atoms with van der Waals surface area (Å²) in [7, 11) is 0. The molecular weight excluding hydrogens is 480 g/mol. The van der Waals surface area contributed by atoms with E-state index < -0.39 is 5.97 Å². The molecule has 0 aliphatic rings. The first-order valence-electron chi connectivity index (χ1n) is 11.7. The van der Waals surface area contributed by atoms with Gasteiger partial charge in [-0.05, 0) is 76.8 Å². The van der Waals surface area contributed by atoms with Crippen LogP contribution in [0.4, 0.5) is 0 Å². The molecule has 0 bridgehead atoms. The zero-order valence-electron chi connectivity index (χ0n) is 19.4. The highest BCUT2D eigenvalue weighted by molar-refractivity contribution is 9.10. The van der Waals surface area contributed by atoms with E-state index >= 15 is 0 Å². The molecule has 0 aliphatic heterocycles. The lowest BCUT2D eigenvalue weighted by atomic mass is 10.1. The number of halogens is 1. The van der Waals surface area contributed by atoms with E-state index in [1.807, 2.05) is 24.5 Å². The van der Waals surface area contributed by atoms with E-state index in [9.17, 15) is 4.79 Å². The molecule has 0 radical (unpaired) electrons. The molecule has 0 amide bonds. The third kappa shape index (κ3) is 7.67. The molecule has 0 saturated heterocycles. The minimum Gasteiger partial charge on any atom is -0.492 e. The normalized spacial score (nSPS) is 10.8. The Bertz CT molecular complexity index is 1020. The zero-order valence-corrected chi connectivity index (χ0v) is 20.9. The zero-order chi connectivity index (χ0) is 23.5. The lowest BCUT2D eigenvalue weighted by Crippen LogP contribution is -2.09. The molecular formula is C27H31BrN2O3. The molecule has 3 aromatic rings. The lowest BCUT2D eigenvalue weighted by molar-refractivity contribution is 0.0734. The summed E-state index contributed by atoms with van der Waals surface area (Å²) in [5.41, 5.74) is 2.45. The Morgan fingerprint density at radius 2 is 1.64 bits per heavy atom. The number of nitrogens with zero attached hydrogens (tertiary/aromatic N) is 2. The van der Waals surface area contributed by atoms with Crippen molar-refractivity contribution in [2.45, 2.75) is 58.8 Å². The van der Waals surface area contributed by atoms with Crippen molar-refractivity contribution in [2.75, 3.05) is 6.61 Å². The highest BCUT2D eigenvalue weighted by atomic mass is 79.9. The lowest BCUT2D eigenvalue weighted by Gasteiger charge is -2.10. The predicted octanol–water partition coefficient (Wildman–Crippen LogP) is 7.43. The monoisotopic (exact) mass is 510 g/mol. The van der Waals surface area contributed by atoms with E-state index in [0.29, 0.717) is 23.7 Å². The maximum absolute atomic E-state index is 12.6. The molecule has 3 rings (SSSR count). The van der Waals surface area contributed by atoms with E-state index in [1.54, 1.807) is 30.3 Å². The van der Waals surface area contributed by atoms with E-state index in [2.05, 4.69) is 39.7 Å². The number of aromatic nitrogens is 2. The van der Waals surface area contributed by atoms with Gasteiger partial charge in [0.2, 0.25) is 0 Å². The van der Waals surface area contributed by atoms with Crippen LogP contribution in [0, 0.1) is 0 Å². The molecule has 0 spiro atoms. The Hall–Kier alpha value is -2.73. The van der Waals surface area contributed by atoms with Crippen molar-refractivity contribution in [2.24, 2.45) is 0 Å². The standard InChI is InChI=1S/C27H31BrN2O3/c1-3-5-6-7-8-16-32-25-15-12-22(17-24(25)28)27(31)33-23-13-10-21(11-14-23)26-29-18-20(9-4-2)19-30-26/h10-15,17-19H,3-9,16H2,1-2H3. The second-order valence-electron chi connectivity index (χ2n) is 7.99. The van der Waals surface area contributed by atoms with Gasteiger partial charge in [-0.15, -0.1) is 0 Å². The van der Waals surface area contributed by atoms with Gasteiger partial charge in [0, 0.05) is 18.0 Å². The van der Waals surface area contributed by atoms with E-state index in [0.717, 1.165) is 40.6 Å². The number of hydrogen-bond donors (Lipinski definition) is 0. The Kier molecular flexibility index (Phi) is 9.88. The predicted molar refractivity (Wildman–Crippen MR) is 135 cm³/mol. The van der Waals surface area contributed by atoms with Crippen LogP contribution in [-0.2, 0) is 6.42 Å². The second-order valence-corrected chi connectivity index (χ2v) is 8.84. The number of hydrogen-bond acceptors (Lipinski definition) is 5. The van der Waals surface area contributed by atoms with Crippen LogP contribution in [-0.4, -0.2) is 22.5 Å². The van der Waals surface area contributed by atoms with Gasteiger partial charge in [0.1, 0.15) is 11.5 Å². The molecule has 1 heterocycles. The molecule has 2 aromatic carbocycles. The van der Waals surface area contributed by atoms with Gasteiger partial charge in [-0.1, -0.05) is 46.0 Å². The van der Waals surface area contributed by atoms with Crippen LogP contribution >= 0.6 is 15.9 Å². The van der Waals surface area contributed by atoms with Gasteiger partial charge >= 0.3 is 5.97 Å². The highest BCUT2D eigenvalue weighted by Crippen LogP contribution is 2.27. The molecule has 5 nitrogen and oxygen atoms in total. The van der Waals surface area contributed by atoms with Crippen molar-refractivity contribution in [1.29, 1.82) is 0 Å². The van der Waals surface area contributed by atoms with E-state index in [-0.39, 0.29) is 0 Å². The molecule has 0 unspecified atom stereocenters. The number of aryl methyl sites for hydroxylation is 1. The number of rotatable bonds is 12. The summed E-state index contributed by atoms with van der Waals surface area (Å²) >= 11 is 3.50. The van der Waals surface area contributed by atoms with Crippen LogP contribution < -0.4 is 9.47 Å². The Labute approximate surface area is 204 Å². The van der Waals surface area contributed by atoms with E-state index in [1.165, 1.54) is 25.7 Å². The number of carbonyl (C=O) groups is 1. The first-order chi connectivity index (χ1) is 16.1. The van der Waals surface area contributed by atoms with Gasteiger partial charge in [-0.2, -0.15) is 0 Å². The van der Waals surface area contributed by atoms with Crippen LogP contribution in [0.5, 0.6) is 11.5 Å². The van der Waals surface area contributed by atoms with Crippen molar-refractivity contribution < 1.29 is 14.3 Å². The van der Waals surface area contributed by atoms with E-state index in [4.69, 9.17) is 9.47 Å². The molecule has 0 atom stereocenters. The third-order valence-electron chi connectivity index (χ3n) is 5.24. The average Bonchev–Trinajstić information content (AvgIpc) is 2.83. The summed E-state index contributed by atoms with van der Waals surface area (Å²) < 4.78 is 12.1. The number of benzene rings is 2. The Morgan fingerprint density at radius 1 is 0.909 bits per heavy atom. The van der Waals surface area contributed by atoms with Gasteiger partial charge in [0.15, 0.2) is 5.82 Å². The van der Waals surface area contributed by atoms with Crippen LogP contribution in [0.25, 0.3) is 11.4 Å². The van der Waals surface area contributed by atoms with Gasteiger partial charge < -0.3 is 9.47 Å². The van der Waals surface area contributed by atoms with Crippen LogP contribution in [0.1, 0.15) is 68.3 Å². The van der Waals surface area contributed by atoms with Gasteiger partial charge in [-0.3, -0.25) is 0 Å². The summed E-state index contributed by atoms with van der Waals surface area (Å²) in [5, 5.41) is 0. The molecule has 0 saturated carbocycles. The molecule has 6 heteroatoms. The maximum Gasteiger partial charge on any atom is 0.343 e. The van der Waals surface area contributed by atoms with Crippen molar-refractivity contribution in [3.8, 4) is 22.9 Å². The molecule has 1 aromatic heterocycles. The van der Waals surface area contributed by atoms with Gasteiger partial charge in [0.25, 0.3) is 0 Å². The minimum atomic E-state index is -0.422. The second kappa shape index (κ2) is 13.1. The number of unbranched alkanes of at least 4 members (excludes halogenated alkanes) is 4. The van der Waals surface area contributed by atoms with Crippen molar-refractivity contribution in [3.05, 3.63) is 70.5 Å². The Morgan fingerprint density at radius 3 is 2.30 bits per heavy atom. The quantitative estimate of drug-likeness (QED) is 0.144. The summed E-state index contributed by atoms with van der Waals surface area (Å²) in [6.45, 7) is 5.01. The first kappa shape index (κ1) is 24.9. The van der Waals surface area contributed by atoms with Crippen LogP contribution in [0.15, 0.2) is 59.3 Å². The maximum atomic E-state index is 12.6. The molecule has 0 N–H and O–H groups in total. The molecule has 174 valence electrons. The fraction of sp³-hybridized carbons (Fsp3) is 0.370. The van der Waals surface area contributed by atoms with Gasteiger partial charge in [-0.25, -0.2) is 14.8 Å². The average molecular weight is 511 g/mol. The van der Waals surface area contributed by atoms with Crippen molar-refractivity contribution >= 4 is 21.9 Å². The largest absolute Gasteiger partial charge is 0.492 e. The minimum absolute atomic E-state index is 0.422. The molecule has 0 aliphatic carbocycles. The van der Waals surface area contributed by atoms with Crippen LogP contribution in [0.3, 0.4) is 0 Å². The summed E-state index contributed by atoms with van der Waals surface area (Å²) in [4.78, 5) is 21.4. The third-order valence-corrected chi connectivity index (χ3v) is 5.86. The highest BCUT2D eigenvalue weighted by Gasteiger charge is 2.12. The smallest absolute Gasteiger partial charge is 0.343 e. The fourth-order valence-corrected chi connectivity index (χ4v) is 3.89. The summed E-state index contributed by atoms with van der Waals surface area (Å²) in [6.07, 6.45) is 11.7. The number of esters is 1. The number of ether oxygens (including phenoxy) is 2. The van der Waals surface area contributed by atoms with Crippen LogP contribution in [0.2, 0.25) is 0 Å². The van der Waals surface area contributed by atoms with Crippen molar-refractivity contribution in [1.82, 2.24) is 9.97 Å². The van der Waals surface area contributed by atoms with Gasteiger partial charge in [0.05, 0.1) is 16.6 Å².